The monoisotopic (exact) mass is 577 g/mol. The Morgan fingerprint density at radius 3 is 2.56 bits per heavy atom. The lowest BCUT2D eigenvalue weighted by Crippen LogP contribution is -2.47. The second kappa shape index (κ2) is 11.5. The average molecular weight is 578 g/mol. The maximum atomic E-state index is 14.8. The third-order valence-corrected chi connectivity index (χ3v) is 7.59. The molecule has 14 heteroatoms. The van der Waals surface area contributed by atoms with Crippen molar-refractivity contribution in [2.75, 3.05) is 37.6 Å². The molecule has 0 saturated carbocycles. The van der Waals surface area contributed by atoms with Crippen LogP contribution in [0.3, 0.4) is 0 Å². The second-order valence-corrected chi connectivity index (χ2v) is 10.4. The minimum Gasteiger partial charge on any atom is -0.381 e. The number of nitrogens with zero attached hydrogens (tertiary/aromatic N) is 9. The standard InChI is InChI=1S/C25H27Cl2F2N9O/c1-17(25(39,14-37-16-30-15-31-37)20-4-3-19(28)13-22(20)29)38-33-24(32-34-38)6-7-35-8-10-36(11-9-35)23-5-2-18(26)12-21(23)27/h2-5,12-13,15-17,39H,6-11,14H2,1H3/t17-,25+/m0/s1. The van der Waals surface area contributed by atoms with E-state index in [0.29, 0.717) is 22.3 Å². The van der Waals surface area contributed by atoms with Gasteiger partial charge in [-0.1, -0.05) is 29.3 Å². The molecule has 0 radical (unpaired) electrons. The van der Waals surface area contributed by atoms with Gasteiger partial charge in [-0.3, -0.25) is 4.90 Å². The summed E-state index contributed by atoms with van der Waals surface area (Å²) in [6.07, 6.45) is 3.25. The molecule has 0 aliphatic carbocycles. The molecule has 206 valence electrons. The first kappa shape index (κ1) is 27.4. The van der Waals surface area contributed by atoms with Crippen LogP contribution >= 0.6 is 23.2 Å². The molecule has 0 unspecified atom stereocenters. The van der Waals surface area contributed by atoms with E-state index in [1.807, 2.05) is 12.1 Å². The highest BCUT2D eigenvalue weighted by atomic mass is 35.5. The van der Waals surface area contributed by atoms with Crippen molar-refractivity contribution < 1.29 is 13.9 Å². The Labute approximate surface area is 233 Å². The molecular weight excluding hydrogens is 551 g/mol. The number of hydrogen-bond donors (Lipinski definition) is 1. The van der Waals surface area contributed by atoms with Crippen LogP contribution in [0.2, 0.25) is 10.0 Å². The second-order valence-electron chi connectivity index (χ2n) is 9.52. The molecule has 1 fully saturated rings. The van der Waals surface area contributed by atoms with Crippen LogP contribution in [0.15, 0.2) is 49.1 Å². The third kappa shape index (κ3) is 6.03. The minimum absolute atomic E-state index is 0.107. The Morgan fingerprint density at radius 1 is 1.08 bits per heavy atom. The van der Waals surface area contributed by atoms with Gasteiger partial charge in [-0.05, 0) is 36.4 Å². The first-order chi connectivity index (χ1) is 18.7. The summed E-state index contributed by atoms with van der Waals surface area (Å²) in [4.78, 5) is 9.68. The predicted octanol–water partition coefficient (Wildman–Crippen LogP) is 3.36. The van der Waals surface area contributed by atoms with Gasteiger partial charge in [0.05, 0.1) is 17.3 Å². The van der Waals surface area contributed by atoms with Crippen molar-refractivity contribution in [2.24, 2.45) is 0 Å². The molecule has 39 heavy (non-hydrogen) atoms. The summed E-state index contributed by atoms with van der Waals surface area (Å²) < 4.78 is 29.8. The van der Waals surface area contributed by atoms with E-state index in [-0.39, 0.29) is 12.1 Å². The van der Waals surface area contributed by atoms with Crippen molar-refractivity contribution in [2.45, 2.75) is 31.5 Å². The van der Waals surface area contributed by atoms with E-state index in [9.17, 15) is 13.9 Å². The van der Waals surface area contributed by atoms with E-state index in [0.717, 1.165) is 50.5 Å². The molecule has 10 nitrogen and oxygen atoms in total. The highest BCUT2D eigenvalue weighted by molar-refractivity contribution is 6.36. The topological polar surface area (TPSA) is 101 Å². The van der Waals surface area contributed by atoms with Crippen molar-refractivity contribution in [3.05, 3.63) is 82.1 Å². The zero-order valence-electron chi connectivity index (χ0n) is 21.1. The van der Waals surface area contributed by atoms with E-state index in [1.54, 1.807) is 13.0 Å². The Morgan fingerprint density at radius 2 is 1.87 bits per heavy atom. The van der Waals surface area contributed by atoms with Gasteiger partial charge in [0, 0.05) is 55.8 Å². The summed E-state index contributed by atoms with van der Waals surface area (Å²) in [7, 11) is 0. The van der Waals surface area contributed by atoms with Crippen LogP contribution in [0.1, 0.15) is 24.4 Å². The van der Waals surface area contributed by atoms with Crippen LogP contribution in [0.4, 0.5) is 14.5 Å². The number of piperazine rings is 1. The van der Waals surface area contributed by atoms with Crippen LogP contribution in [0.5, 0.6) is 0 Å². The van der Waals surface area contributed by atoms with E-state index < -0.39 is 23.3 Å². The smallest absolute Gasteiger partial charge is 0.176 e. The molecule has 1 N–H and O–H groups in total. The molecule has 3 heterocycles. The van der Waals surface area contributed by atoms with Gasteiger partial charge < -0.3 is 10.0 Å². The normalized spacial score (nSPS) is 16.8. The summed E-state index contributed by atoms with van der Waals surface area (Å²) in [5.74, 6) is -1.14. The molecule has 2 aromatic carbocycles. The van der Waals surface area contributed by atoms with E-state index in [4.69, 9.17) is 23.2 Å². The maximum Gasteiger partial charge on any atom is 0.176 e. The van der Waals surface area contributed by atoms with Gasteiger partial charge in [0.1, 0.15) is 35.9 Å². The molecule has 1 saturated heterocycles. The molecule has 5 rings (SSSR count). The lowest BCUT2D eigenvalue weighted by molar-refractivity contribution is -0.0418. The van der Waals surface area contributed by atoms with Crippen molar-refractivity contribution >= 4 is 28.9 Å². The fourth-order valence-electron chi connectivity index (χ4n) is 4.76. The van der Waals surface area contributed by atoms with Gasteiger partial charge in [0.2, 0.25) is 0 Å². The Hall–Kier alpha value is -3.19. The lowest BCUT2D eigenvalue weighted by Gasteiger charge is -2.36. The third-order valence-electron chi connectivity index (χ3n) is 7.05. The van der Waals surface area contributed by atoms with Crippen molar-refractivity contribution in [3.63, 3.8) is 0 Å². The number of aliphatic hydroxyl groups is 1. The van der Waals surface area contributed by atoms with Crippen molar-refractivity contribution in [1.29, 1.82) is 0 Å². The van der Waals surface area contributed by atoms with Crippen LogP contribution in [-0.2, 0) is 18.6 Å². The highest BCUT2D eigenvalue weighted by Crippen LogP contribution is 2.36. The molecule has 2 aromatic heterocycles. The van der Waals surface area contributed by atoms with Gasteiger partial charge in [-0.25, -0.2) is 18.4 Å². The van der Waals surface area contributed by atoms with Gasteiger partial charge in [-0.2, -0.15) is 9.90 Å². The average Bonchev–Trinajstić information content (AvgIpc) is 3.60. The Balaban J connectivity index is 1.24. The number of halogens is 4. The van der Waals surface area contributed by atoms with Crippen LogP contribution < -0.4 is 4.90 Å². The molecule has 2 atom stereocenters. The summed E-state index contributed by atoms with van der Waals surface area (Å²) in [5, 5.41) is 29.8. The summed E-state index contributed by atoms with van der Waals surface area (Å²) >= 11 is 12.4. The number of anilines is 1. The number of aromatic nitrogens is 7. The number of tetrazole rings is 1. The SMILES string of the molecule is C[C@H](n1nnc(CCN2CCN(c3ccc(Cl)cc3Cl)CC2)n1)[C@](O)(Cn1cncn1)c1ccc(F)cc1F. The Bertz CT molecular complexity index is 1410. The molecule has 1 aliphatic heterocycles. The maximum absolute atomic E-state index is 14.8. The fourth-order valence-corrected chi connectivity index (χ4v) is 5.29. The molecule has 1 aliphatic rings. The summed E-state index contributed by atoms with van der Waals surface area (Å²) in [5.41, 5.74) is -1.01. The van der Waals surface area contributed by atoms with Crippen LogP contribution in [-0.4, -0.2) is 77.7 Å². The summed E-state index contributed by atoms with van der Waals surface area (Å²) in [6, 6.07) is 7.70. The van der Waals surface area contributed by atoms with Crippen LogP contribution in [0, 0.1) is 11.6 Å². The van der Waals surface area contributed by atoms with Crippen LogP contribution in [0.25, 0.3) is 0 Å². The first-order valence-electron chi connectivity index (χ1n) is 12.4. The first-order valence-corrected chi connectivity index (χ1v) is 13.2. The zero-order valence-corrected chi connectivity index (χ0v) is 22.6. The quantitative estimate of drug-likeness (QED) is 0.323. The van der Waals surface area contributed by atoms with Crippen molar-refractivity contribution in [3.8, 4) is 0 Å². The van der Waals surface area contributed by atoms with Gasteiger partial charge in [-0.15, -0.1) is 10.2 Å². The molecule has 4 aromatic rings. The van der Waals surface area contributed by atoms with Crippen molar-refractivity contribution in [1.82, 2.24) is 39.9 Å². The predicted molar refractivity (Wildman–Crippen MR) is 142 cm³/mol. The largest absolute Gasteiger partial charge is 0.381 e. The molecular formula is C25H27Cl2F2N9O. The zero-order chi connectivity index (χ0) is 27.6. The van der Waals surface area contributed by atoms with Gasteiger partial charge >= 0.3 is 0 Å². The van der Waals surface area contributed by atoms with E-state index >= 15 is 0 Å². The molecule has 0 amide bonds. The molecule has 0 bridgehead atoms. The van der Waals surface area contributed by atoms with Gasteiger partial charge in [0.25, 0.3) is 0 Å². The number of benzene rings is 2. The number of rotatable bonds is 9. The Kier molecular flexibility index (Phi) is 8.08. The number of hydrogen-bond acceptors (Lipinski definition) is 8. The summed E-state index contributed by atoms with van der Waals surface area (Å²) in [6.45, 7) is 5.52. The highest BCUT2D eigenvalue weighted by Gasteiger charge is 2.41. The van der Waals surface area contributed by atoms with Gasteiger partial charge in [0.15, 0.2) is 5.82 Å². The molecule has 0 spiro atoms. The van der Waals surface area contributed by atoms with E-state index in [1.165, 1.54) is 28.2 Å². The minimum atomic E-state index is -1.87. The van der Waals surface area contributed by atoms with E-state index in [2.05, 4.69) is 35.3 Å². The lowest BCUT2D eigenvalue weighted by atomic mass is 9.86. The fraction of sp³-hybridized carbons (Fsp3) is 0.400.